The van der Waals surface area contributed by atoms with Crippen LogP contribution in [0.25, 0.3) is 0 Å². The molecule has 3 aliphatic rings. The van der Waals surface area contributed by atoms with Gasteiger partial charge >= 0.3 is 0 Å². The zero-order valence-corrected chi connectivity index (χ0v) is 9.91. The molecule has 1 aliphatic carbocycles. The molecule has 0 aromatic rings. The maximum atomic E-state index is 14.2. The Labute approximate surface area is 101 Å². The molecule has 0 spiro atoms. The Morgan fingerprint density at radius 3 is 2.82 bits per heavy atom. The van der Waals surface area contributed by atoms with Gasteiger partial charge in [0.1, 0.15) is 6.67 Å². The molecular formula is C12H18FN3O. The van der Waals surface area contributed by atoms with Gasteiger partial charge in [-0.05, 0) is 31.6 Å². The van der Waals surface area contributed by atoms with Crippen molar-refractivity contribution in [3.63, 3.8) is 0 Å². The van der Waals surface area contributed by atoms with Crippen molar-refractivity contribution in [2.45, 2.75) is 25.7 Å². The highest BCUT2D eigenvalue weighted by atomic mass is 19.1. The van der Waals surface area contributed by atoms with E-state index in [-0.39, 0.29) is 11.7 Å². The van der Waals surface area contributed by atoms with Crippen LogP contribution in [0.1, 0.15) is 25.7 Å². The van der Waals surface area contributed by atoms with E-state index in [0.29, 0.717) is 25.0 Å². The molecule has 1 N–H and O–H groups in total. The monoisotopic (exact) mass is 239 g/mol. The number of hydrogen-bond acceptors (Lipinski definition) is 4. The average Bonchev–Trinajstić information content (AvgIpc) is 3.01. The van der Waals surface area contributed by atoms with Crippen LogP contribution in [-0.4, -0.2) is 37.1 Å². The lowest BCUT2D eigenvalue weighted by Crippen LogP contribution is -2.35. The minimum absolute atomic E-state index is 0.286. The summed E-state index contributed by atoms with van der Waals surface area (Å²) in [4.78, 5) is 6.21. The summed E-state index contributed by atoms with van der Waals surface area (Å²) >= 11 is 0. The van der Waals surface area contributed by atoms with Gasteiger partial charge < -0.3 is 15.0 Å². The summed E-state index contributed by atoms with van der Waals surface area (Å²) in [5.74, 6) is 1.07. The quantitative estimate of drug-likeness (QED) is 0.813. The largest absolute Gasteiger partial charge is 0.477 e. The highest BCUT2D eigenvalue weighted by Gasteiger charge is 2.28. The number of aliphatic imine (C=N–C) groups is 1. The van der Waals surface area contributed by atoms with E-state index in [0.717, 1.165) is 25.9 Å². The van der Waals surface area contributed by atoms with Gasteiger partial charge in [-0.1, -0.05) is 0 Å². The van der Waals surface area contributed by atoms with Crippen LogP contribution in [0, 0.1) is 5.92 Å². The lowest BCUT2D eigenvalue weighted by Gasteiger charge is -2.24. The second kappa shape index (κ2) is 4.55. The molecule has 94 valence electrons. The molecule has 1 saturated carbocycles. The number of halogens is 1. The Kier molecular flexibility index (Phi) is 2.91. The van der Waals surface area contributed by atoms with Gasteiger partial charge in [-0.15, -0.1) is 0 Å². The van der Waals surface area contributed by atoms with Crippen molar-refractivity contribution in [3.05, 3.63) is 11.7 Å². The number of ether oxygens (including phenoxy) is 1. The van der Waals surface area contributed by atoms with E-state index in [2.05, 4.69) is 10.3 Å². The number of nitrogens with one attached hydrogen (secondary N) is 1. The van der Waals surface area contributed by atoms with Crippen molar-refractivity contribution in [1.29, 1.82) is 0 Å². The van der Waals surface area contributed by atoms with E-state index < -0.39 is 0 Å². The van der Waals surface area contributed by atoms with Crippen LogP contribution >= 0.6 is 0 Å². The standard InChI is InChI=1S/C12H18FN3O/c13-10-11(16-5-1-2-6-16)14-8-15-12(10)17-7-9-3-4-9/h9,15H,1-8H2. The fourth-order valence-corrected chi connectivity index (χ4v) is 2.20. The summed E-state index contributed by atoms with van der Waals surface area (Å²) in [7, 11) is 0. The third-order valence-corrected chi connectivity index (χ3v) is 3.43. The molecule has 5 heteroatoms. The van der Waals surface area contributed by atoms with Crippen molar-refractivity contribution in [3.8, 4) is 0 Å². The Hall–Kier alpha value is -1.26. The molecule has 0 aromatic heterocycles. The van der Waals surface area contributed by atoms with Gasteiger partial charge in [-0.2, -0.15) is 4.39 Å². The summed E-state index contributed by atoms with van der Waals surface area (Å²) in [6.07, 6.45) is 4.67. The second-order valence-corrected chi connectivity index (χ2v) is 4.91. The normalized spacial score (nSPS) is 24.8. The molecule has 4 nitrogen and oxygen atoms in total. The Morgan fingerprint density at radius 1 is 1.35 bits per heavy atom. The topological polar surface area (TPSA) is 36.9 Å². The first-order valence-electron chi connectivity index (χ1n) is 6.41. The minimum atomic E-state index is -0.321. The fraction of sp³-hybridized carbons (Fsp3) is 0.750. The molecule has 0 bridgehead atoms. The third kappa shape index (κ3) is 2.37. The first kappa shape index (κ1) is 10.9. The minimum Gasteiger partial charge on any atom is -0.477 e. The third-order valence-electron chi connectivity index (χ3n) is 3.43. The Morgan fingerprint density at radius 2 is 2.12 bits per heavy atom. The number of rotatable bonds is 3. The van der Waals surface area contributed by atoms with Crippen molar-refractivity contribution in [2.24, 2.45) is 10.9 Å². The molecule has 1 saturated heterocycles. The van der Waals surface area contributed by atoms with E-state index in [1.807, 2.05) is 4.90 Å². The van der Waals surface area contributed by atoms with Gasteiger partial charge in [-0.25, -0.2) is 4.99 Å². The van der Waals surface area contributed by atoms with Crippen LogP contribution in [0.2, 0.25) is 0 Å². The molecule has 0 radical (unpaired) electrons. The Bertz CT molecular complexity index is 357. The van der Waals surface area contributed by atoms with E-state index >= 15 is 0 Å². The van der Waals surface area contributed by atoms with Crippen LogP contribution in [0.15, 0.2) is 16.7 Å². The van der Waals surface area contributed by atoms with Gasteiger partial charge in [0.15, 0.2) is 5.84 Å². The van der Waals surface area contributed by atoms with E-state index in [1.54, 1.807) is 0 Å². The van der Waals surface area contributed by atoms with Crippen molar-refractivity contribution in [2.75, 3.05) is 26.4 Å². The predicted octanol–water partition coefficient (Wildman–Crippen LogP) is 1.61. The average molecular weight is 239 g/mol. The summed E-state index contributed by atoms with van der Waals surface area (Å²) in [5.41, 5.74) is 0. The number of hydrogen-bond donors (Lipinski definition) is 1. The summed E-state index contributed by atoms with van der Waals surface area (Å²) in [6, 6.07) is 0. The summed E-state index contributed by atoms with van der Waals surface area (Å²) in [5, 5.41) is 2.87. The SMILES string of the molecule is FC1=C(OCC2CC2)NCN=C1N1CCCC1. The smallest absolute Gasteiger partial charge is 0.229 e. The highest BCUT2D eigenvalue weighted by Crippen LogP contribution is 2.30. The molecule has 3 rings (SSSR count). The summed E-state index contributed by atoms with van der Waals surface area (Å²) < 4.78 is 19.6. The van der Waals surface area contributed by atoms with E-state index in [4.69, 9.17) is 4.74 Å². The second-order valence-electron chi connectivity index (χ2n) is 4.91. The zero-order valence-electron chi connectivity index (χ0n) is 9.91. The van der Waals surface area contributed by atoms with Gasteiger partial charge in [0, 0.05) is 13.1 Å². The molecule has 17 heavy (non-hydrogen) atoms. The molecule has 0 amide bonds. The zero-order chi connectivity index (χ0) is 11.7. The molecule has 2 aliphatic heterocycles. The highest BCUT2D eigenvalue weighted by molar-refractivity contribution is 5.97. The fourth-order valence-electron chi connectivity index (χ4n) is 2.20. The maximum Gasteiger partial charge on any atom is 0.229 e. The van der Waals surface area contributed by atoms with Gasteiger partial charge in [0.2, 0.25) is 11.7 Å². The molecule has 2 heterocycles. The van der Waals surface area contributed by atoms with E-state index in [1.165, 1.54) is 12.8 Å². The van der Waals surface area contributed by atoms with Crippen LogP contribution in [-0.2, 0) is 4.74 Å². The first-order chi connectivity index (χ1) is 8.34. The van der Waals surface area contributed by atoms with Crippen LogP contribution in [0.5, 0.6) is 0 Å². The molecule has 0 atom stereocenters. The molecule has 0 aromatic carbocycles. The molecule has 2 fully saturated rings. The maximum absolute atomic E-state index is 14.2. The van der Waals surface area contributed by atoms with Gasteiger partial charge in [0.05, 0.1) is 6.61 Å². The Balaban J connectivity index is 1.67. The van der Waals surface area contributed by atoms with Crippen molar-refractivity contribution in [1.82, 2.24) is 10.2 Å². The predicted molar refractivity (Wildman–Crippen MR) is 63.1 cm³/mol. The van der Waals surface area contributed by atoms with Gasteiger partial charge in [-0.3, -0.25) is 0 Å². The van der Waals surface area contributed by atoms with Crippen molar-refractivity contribution >= 4 is 5.84 Å². The number of amidine groups is 1. The lowest BCUT2D eigenvalue weighted by molar-refractivity contribution is 0.168. The summed E-state index contributed by atoms with van der Waals surface area (Å²) in [6.45, 7) is 2.85. The van der Waals surface area contributed by atoms with E-state index in [9.17, 15) is 4.39 Å². The van der Waals surface area contributed by atoms with Crippen LogP contribution in [0.3, 0.4) is 0 Å². The first-order valence-corrected chi connectivity index (χ1v) is 6.41. The van der Waals surface area contributed by atoms with Gasteiger partial charge in [0.25, 0.3) is 0 Å². The number of nitrogens with zero attached hydrogens (tertiary/aromatic N) is 2. The lowest BCUT2D eigenvalue weighted by atomic mass is 10.4. The number of likely N-dealkylation sites (tertiary alicyclic amines) is 1. The molecule has 0 unspecified atom stereocenters. The van der Waals surface area contributed by atoms with Crippen molar-refractivity contribution < 1.29 is 9.13 Å². The van der Waals surface area contributed by atoms with Crippen LogP contribution < -0.4 is 5.32 Å². The molecular weight excluding hydrogens is 221 g/mol. The van der Waals surface area contributed by atoms with Crippen LogP contribution in [0.4, 0.5) is 4.39 Å².